The molecule has 1 aromatic carbocycles. The fourth-order valence-electron chi connectivity index (χ4n) is 3.65. The molecular weight excluding hydrogens is 220 g/mol. The van der Waals surface area contributed by atoms with E-state index in [-0.39, 0.29) is 0 Å². The van der Waals surface area contributed by atoms with Crippen molar-refractivity contribution in [3.05, 3.63) is 35.9 Å². The first-order valence-corrected chi connectivity index (χ1v) is 7.00. The Morgan fingerprint density at radius 1 is 1.06 bits per heavy atom. The van der Waals surface area contributed by atoms with Crippen molar-refractivity contribution in [2.45, 2.75) is 26.4 Å². The van der Waals surface area contributed by atoms with Gasteiger partial charge in [-0.05, 0) is 31.5 Å². The summed E-state index contributed by atoms with van der Waals surface area (Å²) in [5.41, 5.74) is 1.43. The van der Waals surface area contributed by atoms with Crippen molar-refractivity contribution in [1.29, 1.82) is 0 Å². The molecule has 0 N–H and O–H groups in total. The summed E-state index contributed by atoms with van der Waals surface area (Å²) in [7, 11) is 4.43. The minimum Gasteiger partial charge on any atom is -0.306 e. The van der Waals surface area contributed by atoms with E-state index in [0.717, 1.165) is 24.4 Å². The lowest BCUT2D eigenvalue weighted by molar-refractivity contribution is 0.0447. The highest BCUT2D eigenvalue weighted by molar-refractivity contribution is 5.14. The van der Waals surface area contributed by atoms with Crippen LogP contribution in [0.1, 0.15) is 19.4 Å². The van der Waals surface area contributed by atoms with Crippen LogP contribution in [0, 0.1) is 11.8 Å². The van der Waals surface area contributed by atoms with Crippen LogP contribution in [0.2, 0.25) is 0 Å². The van der Waals surface area contributed by atoms with E-state index in [1.807, 2.05) is 0 Å². The number of likely N-dealkylation sites (tertiary alicyclic amines) is 1. The average molecular weight is 246 g/mol. The lowest BCUT2D eigenvalue weighted by atomic mass is 9.85. The quantitative estimate of drug-likeness (QED) is 0.809. The topological polar surface area (TPSA) is 6.48 Å². The van der Waals surface area contributed by atoms with Gasteiger partial charge in [0.1, 0.15) is 0 Å². The highest BCUT2D eigenvalue weighted by Gasteiger charge is 2.32. The Bertz CT molecular complexity index is 349. The van der Waals surface area contributed by atoms with Crippen LogP contribution in [-0.2, 0) is 6.54 Å². The fourth-order valence-corrected chi connectivity index (χ4v) is 3.65. The summed E-state index contributed by atoms with van der Waals surface area (Å²) in [4.78, 5) is 5.00. The predicted molar refractivity (Wildman–Crippen MR) is 77.5 cm³/mol. The first-order chi connectivity index (χ1) is 8.58. The molecule has 2 rings (SSSR count). The summed E-state index contributed by atoms with van der Waals surface area (Å²) < 4.78 is 0. The Labute approximate surface area is 112 Å². The standard InChI is InChI=1S/C16H26N2/c1-13-10-18(11-14(2)16(13)17(3)4)12-15-8-6-5-7-9-15/h5-9,13-14,16H,10-12H2,1-4H3/t13-,14-/m1/s1. The number of piperidine rings is 1. The van der Waals surface area contributed by atoms with Crippen molar-refractivity contribution >= 4 is 0 Å². The number of rotatable bonds is 3. The summed E-state index contributed by atoms with van der Waals surface area (Å²) in [6.45, 7) is 8.29. The molecule has 0 saturated carbocycles. The first kappa shape index (κ1) is 13.6. The van der Waals surface area contributed by atoms with E-state index in [4.69, 9.17) is 0 Å². The van der Waals surface area contributed by atoms with Crippen LogP contribution in [-0.4, -0.2) is 43.0 Å². The van der Waals surface area contributed by atoms with Gasteiger partial charge in [-0.25, -0.2) is 0 Å². The Balaban J connectivity index is 1.98. The van der Waals surface area contributed by atoms with Gasteiger partial charge < -0.3 is 4.90 Å². The number of nitrogens with zero attached hydrogens (tertiary/aromatic N) is 2. The van der Waals surface area contributed by atoms with Crippen LogP contribution in [0.15, 0.2) is 30.3 Å². The van der Waals surface area contributed by atoms with Gasteiger partial charge in [-0.15, -0.1) is 0 Å². The second-order valence-electron chi connectivity index (χ2n) is 6.09. The normalized spacial score (nSPS) is 26.7. The third-order valence-electron chi connectivity index (χ3n) is 4.10. The van der Waals surface area contributed by atoms with Crippen LogP contribution in [0.3, 0.4) is 0 Å². The van der Waals surface area contributed by atoms with Crippen LogP contribution >= 0.6 is 0 Å². The van der Waals surface area contributed by atoms with Gasteiger partial charge in [0.25, 0.3) is 0 Å². The van der Waals surface area contributed by atoms with Gasteiger partial charge >= 0.3 is 0 Å². The van der Waals surface area contributed by atoms with E-state index in [2.05, 4.69) is 68.1 Å². The van der Waals surface area contributed by atoms with Crippen molar-refractivity contribution < 1.29 is 0 Å². The van der Waals surface area contributed by atoms with Gasteiger partial charge in [0.05, 0.1) is 0 Å². The molecule has 1 heterocycles. The molecule has 0 aliphatic carbocycles. The molecule has 18 heavy (non-hydrogen) atoms. The molecule has 0 amide bonds. The van der Waals surface area contributed by atoms with Crippen LogP contribution in [0.4, 0.5) is 0 Å². The van der Waals surface area contributed by atoms with Crippen LogP contribution in [0.25, 0.3) is 0 Å². The monoisotopic (exact) mass is 246 g/mol. The number of hydrogen-bond donors (Lipinski definition) is 0. The molecule has 1 aliphatic heterocycles. The van der Waals surface area contributed by atoms with Gasteiger partial charge in [-0.3, -0.25) is 4.90 Å². The third kappa shape index (κ3) is 3.12. The SMILES string of the molecule is C[C@@H]1CN(Cc2ccccc2)C[C@@H](C)C1N(C)C. The summed E-state index contributed by atoms with van der Waals surface area (Å²) >= 11 is 0. The van der Waals surface area contributed by atoms with E-state index in [9.17, 15) is 0 Å². The molecule has 2 heteroatoms. The lowest BCUT2D eigenvalue weighted by Crippen LogP contribution is -2.52. The van der Waals surface area contributed by atoms with E-state index < -0.39 is 0 Å². The summed E-state index contributed by atoms with van der Waals surface area (Å²) in [6.07, 6.45) is 0. The minimum atomic E-state index is 0.719. The molecule has 1 aliphatic rings. The van der Waals surface area contributed by atoms with E-state index in [0.29, 0.717) is 0 Å². The molecule has 2 nitrogen and oxygen atoms in total. The molecule has 100 valence electrons. The van der Waals surface area contributed by atoms with Gasteiger partial charge in [0.15, 0.2) is 0 Å². The zero-order valence-electron chi connectivity index (χ0n) is 12.1. The van der Waals surface area contributed by atoms with Gasteiger partial charge in [0.2, 0.25) is 0 Å². The summed E-state index contributed by atoms with van der Waals surface area (Å²) in [5, 5.41) is 0. The molecule has 0 aromatic heterocycles. The zero-order chi connectivity index (χ0) is 13.1. The van der Waals surface area contributed by atoms with E-state index in [1.165, 1.54) is 18.7 Å². The average Bonchev–Trinajstić information content (AvgIpc) is 2.28. The third-order valence-corrected chi connectivity index (χ3v) is 4.10. The Hall–Kier alpha value is -0.860. The maximum atomic E-state index is 2.60. The van der Waals surface area contributed by atoms with Crippen molar-refractivity contribution in [2.75, 3.05) is 27.2 Å². The lowest BCUT2D eigenvalue weighted by Gasteiger charge is -2.44. The molecule has 0 radical (unpaired) electrons. The Morgan fingerprint density at radius 2 is 1.61 bits per heavy atom. The van der Waals surface area contributed by atoms with Crippen LogP contribution < -0.4 is 0 Å². The molecule has 0 bridgehead atoms. The number of benzene rings is 1. The molecule has 0 unspecified atom stereocenters. The Kier molecular flexibility index (Phi) is 4.41. The van der Waals surface area contributed by atoms with Gasteiger partial charge in [-0.2, -0.15) is 0 Å². The minimum absolute atomic E-state index is 0.719. The maximum Gasteiger partial charge on any atom is 0.0233 e. The molecule has 0 spiro atoms. The largest absolute Gasteiger partial charge is 0.306 e. The Morgan fingerprint density at radius 3 is 2.11 bits per heavy atom. The predicted octanol–water partition coefficient (Wildman–Crippen LogP) is 2.70. The first-order valence-electron chi connectivity index (χ1n) is 7.00. The molecule has 1 fully saturated rings. The highest BCUT2D eigenvalue weighted by atomic mass is 15.2. The van der Waals surface area contributed by atoms with E-state index in [1.54, 1.807) is 0 Å². The molecule has 1 aromatic rings. The highest BCUT2D eigenvalue weighted by Crippen LogP contribution is 2.26. The second kappa shape index (κ2) is 5.85. The second-order valence-corrected chi connectivity index (χ2v) is 6.09. The maximum absolute atomic E-state index is 2.60. The molecule has 2 atom stereocenters. The van der Waals surface area contributed by atoms with Crippen molar-refractivity contribution in [3.8, 4) is 0 Å². The van der Waals surface area contributed by atoms with Gasteiger partial charge in [-0.1, -0.05) is 44.2 Å². The van der Waals surface area contributed by atoms with Crippen LogP contribution in [0.5, 0.6) is 0 Å². The van der Waals surface area contributed by atoms with Crippen molar-refractivity contribution in [2.24, 2.45) is 11.8 Å². The zero-order valence-corrected chi connectivity index (χ0v) is 12.1. The van der Waals surface area contributed by atoms with E-state index >= 15 is 0 Å². The number of hydrogen-bond acceptors (Lipinski definition) is 2. The molecule has 1 saturated heterocycles. The van der Waals surface area contributed by atoms with Gasteiger partial charge in [0, 0.05) is 25.7 Å². The fraction of sp³-hybridized carbons (Fsp3) is 0.625. The summed E-state index contributed by atoms with van der Waals surface area (Å²) in [5.74, 6) is 1.49. The van der Waals surface area contributed by atoms with Crippen molar-refractivity contribution in [3.63, 3.8) is 0 Å². The van der Waals surface area contributed by atoms with Crippen molar-refractivity contribution in [1.82, 2.24) is 9.80 Å². The molecular formula is C16H26N2. The summed E-state index contributed by atoms with van der Waals surface area (Å²) in [6, 6.07) is 11.5. The smallest absolute Gasteiger partial charge is 0.0233 e.